The van der Waals surface area contributed by atoms with E-state index in [1.54, 1.807) is 24.0 Å². The van der Waals surface area contributed by atoms with Crippen molar-refractivity contribution in [3.63, 3.8) is 0 Å². The lowest BCUT2D eigenvalue weighted by molar-refractivity contribution is -0.142. The number of piperidine rings is 1. The number of hydrogen-bond donors (Lipinski definition) is 2. The maximum Gasteiger partial charge on any atom is 0.242 e. The molecule has 2 atom stereocenters. The van der Waals surface area contributed by atoms with Crippen LogP contribution in [0.4, 0.5) is 0 Å². The molecular weight excluding hydrogens is 296 g/mol. The third kappa shape index (κ3) is 4.34. The number of rotatable bonds is 6. The number of carbonyl (C=O) groups excluding carboxylic acids is 2. The zero-order valence-electron chi connectivity index (χ0n) is 13.9. The van der Waals surface area contributed by atoms with Crippen LogP contribution < -0.4 is 5.32 Å². The Hall–Kier alpha value is -1.82. The smallest absolute Gasteiger partial charge is 0.242 e. The van der Waals surface area contributed by atoms with Crippen molar-refractivity contribution in [3.05, 3.63) is 24.2 Å². The lowest BCUT2D eigenvalue weighted by Gasteiger charge is -2.35. The SMILES string of the molecule is CCCC(=O)N1CCCCC1C(=O)NCC(C)(O)c1ccco1. The number of nitrogens with one attached hydrogen (secondary N) is 1. The van der Waals surface area contributed by atoms with Crippen LogP contribution in [0.5, 0.6) is 0 Å². The second-order valence-corrected chi connectivity index (χ2v) is 6.32. The fourth-order valence-electron chi connectivity index (χ4n) is 2.91. The molecule has 2 N–H and O–H groups in total. The molecule has 6 nitrogen and oxygen atoms in total. The average molecular weight is 322 g/mol. The second kappa shape index (κ2) is 7.64. The van der Waals surface area contributed by atoms with Gasteiger partial charge in [0.1, 0.15) is 17.4 Å². The Morgan fingerprint density at radius 3 is 2.91 bits per heavy atom. The van der Waals surface area contributed by atoms with E-state index in [2.05, 4.69) is 5.32 Å². The molecule has 2 unspecified atom stereocenters. The molecule has 2 amide bonds. The van der Waals surface area contributed by atoms with Crippen molar-refractivity contribution < 1.29 is 19.1 Å². The number of likely N-dealkylation sites (tertiary alicyclic amines) is 1. The summed E-state index contributed by atoms with van der Waals surface area (Å²) in [6, 6.07) is 2.93. The second-order valence-electron chi connectivity index (χ2n) is 6.32. The van der Waals surface area contributed by atoms with E-state index in [1.165, 1.54) is 6.26 Å². The van der Waals surface area contributed by atoms with Gasteiger partial charge in [-0.2, -0.15) is 0 Å². The zero-order chi connectivity index (χ0) is 16.9. The van der Waals surface area contributed by atoms with Crippen LogP contribution in [0.25, 0.3) is 0 Å². The molecule has 1 aromatic rings. The number of amides is 2. The van der Waals surface area contributed by atoms with Gasteiger partial charge in [-0.25, -0.2) is 0 Å². The van der Waals surface area contributed by atoms with E-state index in [0.717, 1.165) is 19.3 Å². The quantitative estimate of drug-likeness (QED) is 0.836. The van der Waals surface area contributed by atoms with Crippen molar-refractivity contribution in [2.24, 2.45) is 0 Å². The topological polar surface area (TPSA) is 82.8 Å². The van der Waals surface area contributed by atoms with Gasteiger partial charge in [-0.15, -0.1) is 0 Å². The molecule has 0 saturated carbocycles. The number of nitrogens with zero attached hydrogens (tertiary/aromatic N) is 1. The van der Waals surface area contributed by atoms with Gasteiger partial charge < -0.3 is 19.7 Å². The highest BCUT2D eigenvalue weighted by Gasteiger charge is 2.33. The van der Waals surface area contributed by atoms with Crippen molar-refractivity contribution >= 4 is 11.8 Å². The molecule has 2 rings (SSSR count). The number of aliphatic hydroxyl groups is 1. The third-order valence-corrected chi connectivity index (χ3v) is 4.25. The minimum absolute atomic E-state index is 0.0325. The van der Waals surface area contributed by atoms with Gasteiger partial charge in [0.15, 0.2) is 0 Å². The van der Waals surface area contributed by atoms with Crippen molar-refractivity contribution in [3.8, 4) is 0 Å². The van der Waals surface area contributed by atoms with E-state index in [0.29, 0.717) is 25.1 Å². The van der Waals surface area contributed by atoms with Crippen LogP contribution in [0.2, 0.25) is 0 Å². The minimum Gasteiger partial charge on any atom is -0.466 e. The lowest BCUT2D eigenvalue weighted by atomic mass is 9.99. The monoisotopic (exact) mass is 322 g/mol. The Labute approximate surface area is 136 Å². The highest BCUT2D eigenvalue weighted by Crippen LogP contribution is 2.21. The van der Waals surface area contributed by atoms with E-state index < -0.39 is 11.6 Å². The molecule has 6 heteroatoms. The molecular formula is C17H26N2O4. The van der Waals surface area contributed by atoms with E-state index in [-0.39, 0.29) is 18.4 Å². The standard InChI is InChI=1S/C17H26N2O4/c1-3-7-15(20)19-10-5-4-8-13(19)16(21)18-12-17(2,22)14-9-6-11-23-14/h6,9,11,13,22H,3-5,7-8,10,12H2,1-2H3,(H,18,21). The summed E-state index contributed by atoms with van der Waals surface area (Å²) >= 11 is 0. The Balaban J connectivity index is 1.96. The molecule has 23 heavy (non-hydrogen) atoms. The van der Waals surface area contributed by atoms with Crippen molar-refractivity contribution in [1.82, 2.24) is 10.2 Å². The van der Waals surface area contributed by atoms with Crippen LogP contribution >= 0.6 is 0 Å². The summed E-state index contributed by atoms with van der Waals surface area (Å²) < 4.78 is 5.20. The fraction of sp³-hybridized carbons (Fsp3) is 0.647. The molecule has 0 aliphatic carbocycles. The van der Waals surface area contributed by atoms with Gasteiger partial charge in [-0.1, -0.05) is 6.92 Å². The van der Waals surface area contributed by atoms with E-state index >= 15 is 0 Å². The Kier molecular flexibility index (Phi) is 5.82. The van der Waals surface area contributed by atoms with Crippen LogP contribution in [0.3, 0.4) is 0 Å². The van der Waals surface area contributed by atoms with Crippen LogP contribution in [-0.2, 0) is 15.2 Å². The van der Waals surface area contributed by atoms with Crippen LogP contribution in [0.15, 0.2) is 22.8 Å². The zero-order valence-corrected chi connectivity index (χ0v) is 13.9. The first-order valence-electron chi connectivity index (χ1n) is 8.29. The largest absolute Gasteiger partial charge is 0.466 e. The molecule has 1 aliphatic rings. The number of carbonyl (C=O) groups is 2. The highest BCUT2D eigenvalue weighted by atomic mass is 16.4. The molecule has 0 aromatic carbocycles. The summed E-state index contributed by atoms with van der Waals surface area (Å²) in [5.74, 6) is 0.228. The predicted octanol–water partition coefficient (Wildman–Crippen LogP) is 1.78. The Bertz CT molecular complexity index is 525. The van der Waals surface area contributed by atoms with E-state index in [9.17, 15) is 14.7 Å². The summed E-state index contributed by atoms with van der Waals surface area (Å²) in [5.41, 5.74) is -1.27. The third-order valence-electron chi connectivity index (χ3n) is 4.25. The summed E-state index contributed by atoms with van der Waals surface area (Å²) in [7, 11) is 0. The predicted molar refractivity (Wildman–Crippen MR) is 85.5 cm³/mol. The van der Waals surface area contributed by atoms with Crippen molar-refractivity contribution in [1.29, 1.82) is 0 Å². The van der Waals surface area contributed by atoms with Gasteiger partial charge in [0.2, 0.25) is 11.8 Å². The first kappa shape index (κ1) is 17.5. The fourth-order valence-corrected chi connectivity index (χ4v) is 2.91. The van der Waals surface area contributed by atoms with Crippen molar-refractivity contribution in [2.45, 2.75) is 57.6 Å². The molecule has 128 valence electrons. The first-order valence-corrected chi connectivity index (χ1v) is 8.29. The summed E-state index contributed by atoms with van der Waals surface area (Å²) in [6.45, 7) is 4.22. The number of furan rings is 1. The van der Waals surface area contributed by atoms with Gasteiger partial charge in [0, 0.05) is 13.0 Å². The maximum atomic E-state index is 12.5. The first-order chi connectivity index (χ1) is 11.0. The Morgan fingerprint density at radius 1 is 1.48 bits per heavy atom. The summed E-state index contributed by atoms with van der Waals surface area (Å²) in [4.78, 5) is 26.4. The summed E-state index contributed by atoms with van der Waals surface area (Å²) in [5, 5.41) is 13.2. The van der Waals surface area contributed by atoms with Gasteiger partial charge in [-0.3, -0.25) is 9.59 Å². The molecule has 2 heterocycles. The molecule has 0 spiro atoms. The molecule has 1 aromatic heterocycles. The molecule has 0 bridgehead atoms. The van der Waals surface area contributed by atoms with Crippen molar-refractivity contribution in [2.75, 3.05) is 13.1 Å². The van der Waals surface area contributed by atoms with Gasteiger partial charge in [-0.05, 0) is 44.7 Å². The summed E-state index contributed by atoms with van der Waals surface area (Å²) in [6.07, 6.45) is 5.26. The lowest BCUT2D eigenvalue weighted by Crippen LogP contribution is -2.53. The van der Waals surface area contributed by atoms with E-state index in [1.807, 2.05) is 6.92 Å². The van der Waals surface area contributed by atoms with Crippen LogP contribution in [-0.4, -0.2) is 41.0 Å². The Morgan fingerprint density at radius 2 is 2.26 bits per heavy atom. The van der Waals surface area contributed by atoms with Gasteiger partial charge in [0.05, 0.1) is 12.8 Å². The molecule has 1 aliphatic heterocycles. The van der Waals surface area contributed by atoms with Gasteiger partial charge in [0.25, 0.3) is 0 Å². The normalized spacial score (nSPS) is 20.8. The maximum absolute atomic E-state index is 12.5. The van der Waals surface area contributed by atoms with Gasteiger partial charge >= 0.3 is 0 Å². The minimum atomic E-state index is -1.27. The van der Waals surface area contributed by atoms with Crippen LogP contribution in [0.1, 0.15) is 51.7 Å². The highest BCUT2D eigenvalue weighted by molar-refractivity contribution is 5.87. The van der Waals surface area contributed by atoms with E-state index in [4.69, 9.17) is 4.42 Å². The van der Waals surface area contributed by atoms with Crippen LogP contribution in [0, 0.1) is 0 Å². The molecule has 0 radical (unpaired) electrons. The molecule has 1 saturated heterocycles. The average Bonchev–Trinajstić information content (AvgIpc) is 3.08. The number of hydrogen-bond acceptors (Lipinski definition) is 4. The molecule has 1 fully saturated rings.